The molecule has 3 N–H and O–H groups in total. The first-order chi connectivity index (χ1) is 10.1. The molecule has 0 atom stereocenters. The summed E-state index contributed by atoms with van der Waals surface area (Å²) in [5.74, 6) is 0.132. The minimum absolute atomic E-state index is 0.132. The summed E-state index contributed by atoms with van der Waals surface area (Å²) >= 11 is 1.68. The fourth-order valence-electron chi connectivity index (χ4n) is 2.64. The highest BCUT2D eigenvalue weighted by atomic mass is 32.1. The van der Waals surface area contributed by atoms with Gasteiger partial charge in [0.05, 0.1) is 0 Å². The Morgan fingerprint density at radius 1 is 1.24 bits per heavy atom. The summed E-state index contributed by atoms with van der Waals surface area (Å²) in [6.07, 6.45) is 1.85. The van der Waals surface area contributed by atoms with Crippen LogP contribution in [0, 0.1) is 12.3 Å². The molecule has 110 valence electrons. The molecule has 1 saturated heterocycles. The van der Waals surface area contributed by atoms with Crippen LogP contribution in [0.2, 0.25) is 0 Å². The maximum atomic E-state index is 7.75. The molecule has 0 aliphatic carbocycles. The monoisotopic (exact) mass is 301 g/mol. The Hall–Kier alpha value is -2.08. The van der Waals surface area contributed by atoms with E-state index in [0.717, 1.165) is 42.6 Å². The molecule has 5 nitrogen and oxygen atoms in total. The molecule has 0 saturated carbocycles. The van der Waals surface area contributed by atoms with Gasteiger partial charge in [-0.25, -0.2) is 4.98 Å². The number of hydrogen-bond donors (Lipinski definition) is 2. The standard InChI is InChI=1S/C15H19N5S/c1-11-2-3-12(14(16)17)13(10-11)19-5-7-20(8-6-19)15-18-4-9-21-15/h2-4,9-10H,5-8H2,1H3,(H3,16,17). The van der Waals surface area contributed by atoms with E-state index in [-0.39, 0.29) is 5.84 Å². The molecule has 6 heteroatoms. The number of amidine groups is 1. The highest BCUT2D eigenvalue weighted by molar-refractivity contribution is 7.13. The van der Waals surface area contributed by atoms with E-state index in [1.54, 1.807) is 11.3 Å². The number of anilines is 2. The number of nitrogens with one attached hydrogen (secondary N) is 1. The molecule has 1 fully saturated rings. The summed E-state index contributed by atoms with van der Waals surface area (Å²) < 4.78 is 0. The van der Waals surface area contributed by atoms with Crippen molar-refractivity contribution in [3.05, 3.63) is 40.9 Å². The summed E-state index contributed by atoms with van der Waals surface area (Å²) in [5, 5.41) is 10.8. The zero-order chi connectivity index (χ0) is 14.8. The number of nitrogens with zero attached hydrogens (tertiary/aromatic N) is 3. The van der Waals surface area contributed by atoms with Gasteiger partial charge in [0.25, 0.3) is 0 Å². The van der Waals surface area contributed by atoms with Gasteiger partial charge in [0.15, 0.2) is 5.13 Å². The maximum absolute atomic E-state index is 7.75. The molecule has 21 heavy (non-hydrogen) atoms. The van der Waals surface area contributed by atoms with E-state index in [9.17, 15) is 0 Å². The second-order valence-electron chi connectivity index (χ2n) is 5.22. The van der Waals surface area contributed by atoms with Crippen molar-refractivity contribution in [3.8, 4) is 0 Å². The molecule has 1 aromatic carbocycles. The Kier molecular flexibility index (Phi) is 3.79. The van der Waals surface area contributed by atoms with Crippen LogP contribution >= 0.6 is 11.3 Å². The lowest BCUT2D eigenvalue weighted by Gasteiger charge is -2.37. The topological polar surface area (TPSA) is 69.2 Å². The van der Waals surface area contributed by atoms with Gasteiger partial charge in [-0.05, 0) is 24.6 Å². The first-order valence-electron chi connectivity index (χ1n) is 6.99. The zero-order valence-electron chi connectivity index (χ0n) is 12.0. The highest BCUT2D eigenvalue weighted by Crippen LogP contribution is 2.25. The van der Waals surface area contributed by atoms with Crippen molar-refractivity contribution in [2.45, 2.75) is 6.92 Å². The number of nitrogens with two attached hydrogens (primary N) is 1. The Morgan fingerprint density at radius 3 is 2.57 bits per heavy atom. The molecule has 1 aliphatic rings. The number of thiazole rings is 1. The molecule has 1 aliphatic heterocycles. The quantitative estimate of drug-likeness (QED) is 0.672. The fourth-order valence-corrected chi connectivity index (χ4v) is 3.34. The van der Waals surface area contributed by atoms with Gasteiger partial charge in [-0.3, -0.25) is 5.41 Å². The van der Waals surface area contributed by atoms with Gasteiger partial charge in [-0.2, -0.15) is 0 Å². The van der Waals surface area contributed by atoms with Gasteiger partial charge < -0.3 is 15.5 Å². The molecule has 2 heterocycles. The predicted octanol–water partition coefficient (Wildman–Crippen LogP) is 2.06. The number of benzene rings is 1. The van der Waals surface area contributed by atoms with Crippen molar-refractivity contribution in [3.63, 3.8) is 0 Å². The summed E-state index contributed by atoms with van der Waals surface area (Å²) in [4.78, 5) is 8.99. The van der Waals surface area contributed by atoms with E-state index >= 15 is 0 Å². The van der Waals surface area contributed by atoms with Gasteiger partial charge in [0, 0.05) is 49.0 Å². The van der Waals surface area contributed by atoms with Gasteiger partial charge in [0.2, 0.25) is 0 Å². The zero-order valence-corrected chi connectivity index (χ0v) is 12.9. The second kappa shape index (κ2) is 5.73. The number of piperazine rings is 1. The van der Waals surface area contributed by atoms with E-state index in [2.05, 4.69) is 27.8 Å². The van der Waals surface area contributed by atoms with Gasteiger partial charge in [-0.15, -0.1) is 11.3 Å². The molecule has 0 spiro atoms. The third-order valence-corrected chi connectivity index (χ3v) is 4.59. The molecular weight excluding hydrogens is 282 g/mol. The number of aromatic nitrogens is 1. The molecule has 0 unspecified atom stereocenters. The van der Waals surface area contributed by atoms with Crippen molar-refractivity contribution in [1.29, 1.82) is 5.41 Å². The Morgan fingerprint density at radius 2 is 1.95 bits per heavy atom. The van der Waals surface area contributed by atoms with E-state index < -0.39 is 0 Å². The van der Waals surface area contributed by atoms with E-state index in [1.165, 1.54) is 5.56 Å². The predicted molar refractivity (Wildman–Crippen MR) is 88.7 cm³/mol. The minimum Gasteiger partial charge on any atom is -0.384 e. The lowest BCUT2D eigenvalue weighted by Crippen LogP contribution is -2.47. The molecular formula is C15H19N5S. The highest BCUT2D eigenvalue weighted by Gasteiger charge is 2.21. The Balaban J connectivity index is 1.78. The SMILES string of the molecule is Cc1ccc(C(=N)N)c(N2CCN(c3nccs3)CC2)c1. The van der Waals surface area contributed by atoms with Crippen LogP contribution in [0.4, 0.5) is 10.8 Å². The average molecular weight is 301 g/mol. The van der Waals surface area contributed by atoms with Crippen LogP contribution in [0.1, 0.15) is 11.1 Å². The smallest absolute Gasteiger partial charge is 0.185 e. The van der Waals surface area contributed by atoms with Crippen LogP contribution in [0.5, 0.6) is 0 Å². The number of rotatable bonds is 3. The summed E-state index contributed by atoms with van der Waals surface area (Å²) in [6.45, 7) is 5.80. The van der Waals surface area contributed by atoms with Gasteiger partial charge in [-0.1, -0.05) is 6.07 Å². The lowest BCUT2D eigenvalue weighted by atomic mass is 10.1. The van der Waals surface area contributed by atoms with Crippen molar-refractivity contribution in [1.82, 2.24) is 4.98 Å². The minimum atomic E-state index is 0.132. The Labute approximate surface area is 128 Å². The third kappa shape index (κ3) is 2.85. The normalized spacial score (nSPS) is 15.3. The van der Waals surface area contributed by atoms with Crippen LogP contribution in [0.25, 0.3) is 0 Å². The Bertz CT molecular complexity index is 630. The maximum Gasteiger partial charge on any atom is 0.185 e. The first-order valence-corrected chi connectivity index (χ1v) is 7.87. The summed E-state index contributed by atoms with van der Waals surface area (Å²) in [5.41, 5.74) is 8.80. The van der Waals surface area contributed by atoms with Crippen LogP contribution in [0.3, 0.4) is 0 Å². The van der Waals surface area contributed by atoms with Crippen molar-refractivity contribution in [2.75, 3.05) is 36.0 Å². The summed E-state index contributed by atoms with van der Waals surface area (Å²) in [7, 11) is 0. The largest absolute Gasteiger partial charge is 0.384 e. The van der Waals surface area contributed by atoms with Gasteiger partial charge in [0.1, 0.15) is 5.84 Å². The first kappa shape index (κ1) is 13.9. The number of hydrogen-bond acceptors (Lipinski definition) is 5. The second-order valence-corrected chi connectivity index (χ2v) is 6.10. The van der Waals surface area contributed by atoms with Crippen LogP contribution in [-0.4, -0.2) is 37.0 Å². The van der Waals surface area contributed by atoms with Gasteiger partial charge >= 0.3 is 0 Å². The molecule has 3 rings (SSSR count). The molecule has 1 aromatic heterocycles. The number of nitrogen functional groups attached to an aromatic ring is 1. The molecule has 0 radical (unpaired) electrons. The van der Waals surface area contributed by atoms with Crippen molar-refractivity contribution < 1.29 is 0 Å². The average Bonchev–Trinajstić information content (AvgIpc) is 3.01. The van der Waals surface area contributed by atoms with E-state index in [1.807, 2.05) is 23.7 Å². The summed E-state index contributed by atoms with van der Waals surface area (Å²) in [6, 6.07) is 6.07. The number of aryl methyl sites for hydroxylation is 1. The van der Waals surface area contributed by atoms with Crippen LogP contribution in [0.15, 0.2) is 29.8 Å². The van der Waals surface area contributed by atoms with Crippen molar-refractivity contribution in [2.24, 2.45) is 5.73 Å². The molecule has 2 aromatic rings. The lowest BCUT2D eigenvalue weighted by molar-refractivity contribution is 0.651. The van der Waals surface area contributed by atoms with E-state index in [0.29, 0.717) is 0 Å². The molecule has 0 bridgehead atoms. The van der Waals surface area contributed by atoms with Crippen LogP contribution in [-0.2, 0) is 0 Å². The third-order valence-electron chi connectivity index (χ3n) is 3.75. The van der Waals surface area contributed by atoms with Crippen molar-refractivity contribution >= 4 is 28.0 Å². The molecule has 0 amide bonds. The van der Waals surface area contributed by atoms with Crippen LogP contribution < -0.4 is 15.5 Å². The van der Waals surface area contributed by atoms with E-state index in [4.69, 9.17) is 11.1 Å². The fraction of sp³-hybridized carbons (Fsp3) is 0.333.